The average Bonchev–Trinajstić information content (AvgIpc) is 2.37. The van der Waals surface area contributed by atoms with E-state index in [4.69, 9.17) is 20.4 Å². The van der Waals surface area contributed by atoms with Gasteiger partial charge in [0.25, 0.3) is 0 Å². The van der Waals surface area contributed by atoms with Gasteiger partial charge >= 0.3 is 37.7 Å². The molecule has 116 valence electrons. The molecule has 0 heterocycles. The van der Waals surface area contributed by atoms with Gasteiger partial charge in [0.1, 0.15) is 23.0 Å². The number of carboxylic acid groups (broad SMARTS) is 2. The molecule has 0 saturated heterocycles. The van der Waals surface area contributed by atoms with Crippen molar-refractivity contribution in [2.75, 3.05) is 0 Å². The van der Waals surface area contributed by atoms with Gasteiger partial charge in [0.05, 0.1) is 11.9 Å². The molecule has 0 fully saturated rings. The van der Waals surface area contributed by atoms with Gasteiger partial charge in [-0.25, -0.2) is 0 Å². The number of phenols is 4. The third-order valence-corrected chi connectivity index (χ3v) is 2.28. The Morgan fingerprint density at radius 1 is 0.609 bits per heavy atom. The molecule has 2 rings (SSSR count). The van der Waals surface area contributed by atoms with Crippen molar-refractivity contribution in [3.63, 3.8) is 0 Å². The van der Waals surface area contributed by atoms with Gasteiger partial charge in [0.15, 0.2) is 0 Å². The molecule has 0 bridgehead atoms. The van der Waals surface area contributed by atoms with Crippen molar-refractivity contribution in [2.24, 2.45) is 0 Å². The first kappa shape index (κ1) is 20.8. The largest absolute Gasteiger partial charge is 2.00 e. The number of rotatable bonds is 2. The van der Waals surface area contributed by atoms with Gasteiger partial charge in [-0.05, 0) is 24.3 Å². The Morgan fingerprint density at radius 3 is 1.00 bits per heavy atom. The van der Waals surface area contributed by atoms with Gasteiger partial charge < -0.3 is 40.2 Å². The summed E-state index contributed by atoms with van der Waals surface area (Å²) in [6.07, 6.45) is 0. The van der Waals surface area contributed by atoms with Crippen LogP contribution in [0.25, 0.3) is 0 Å². The number of hydrogen-bond acceptors (Lipinski definition) is 8. The first-order chi connectivity index (χ1) is 10.2. The number of hydrogen-bond donors (Lipinski definition) is 4. The first-order valence-electron chi connectivity index (χ1n) is 5.68. The van der Waals surface area contributed by atoms with E-state index in [9.17, 15) is 19.8 Å². The summed E-state index contributed by atoms with van der Waals surface area (Å²) in [6, 6.07) is 6.05. The molecule has 0 aliphatic carbocycles. The Morgan fingerprint density at radius 2 is 0.826 bits per heavy atom. The van der Waals surface area contributed by atoms with Crippen molar-refractivity contribution in [1.29, 1.82) is 0 Å². The molecule has 4 N–H and O–H groups in total. The average molecular weight is 346 g/mol. The molecular formula is C14H10CaO8. The molecule has 0 atom stereocenters. The molecule has 9 heteroatoms. The van der Waals surface area contributed by atoms with E-state index in [1.54, 1.807) is 0 Å². The summed E-state index contributed by atoms with van der Waals surface area (Å²) in [5.74, 6) is -4.07. The van der Waals surface area contributed by atoms with Crippen LogP contribution in [0.1, 0.15) is 20.7 Å². The molecule has 2 aromatic rings. The van der Waals surface area contributed by atoms with Crippen LogP contribution in [-0.2, 0) is 0 Å². The molecular weight excluding hydrogens is 336 g/mol. The molecule has 0 amide bonds. The third-order valence-electron chi connectivity index (χ3n) is 2.28. The van der Waals surface area contributed by atoms with Crippen LogP contribution < -0.4 is 10.2 Å². The summed E-state index contributed by atoms with van der Waals surface area (Å²) < 4.78 is 0. The molecule has 0 saturated carbocycles. The second kappa shape index (κ2) is 9.09. The number of aromatic carboxylic acids is 2. The third kappa shape index (κ3) is 7.09. The van der Waals surface area contributed by atoms with Crippen molar-refractivity contribution in [1.82, 2.24) is 0 Å². The quantitative estimate of drug-likeness (QED) is 0.480. The topological polar surface area (TPSA) is 161 Å². The Hall–Kier alpha value is -2.16. The van der Waals surface area contributed by atoms with Gasteiger partial charge in [0.2, 0.25) is 0 Å². The van der Waals surface area contributed by atoms with Crippen LogP contribution in [-0.4, -0.2) is 70.1 Å². The number of carboxylic acids is 2. The van der Waals surface area contributed by atoms with E-state index in [1.807, 2.05) is 0 Å². The monoisotopic (exact) mass is 346 g/mol. The molecule has 23 heavy (non-hydrogen) atoms. The maximum absolute atomic E-state index is 10.2. The number of carbonyl (C=O) groups excluding carboxylic acids is 2. The summed E-state index contributed by atoms with van der Waals surface area (Å²) in [7, 11) is 0. The molecule has 0 aliphatic heterocycles. The zero-order valence-corrected chi connectivity index (χ0v) is 13.8. The van der Waals surface area contributed by atoms with Gasteiger partial charge in [-0.15, -0.1) is 0 Å². The Balaban J connectivity index is 0.000000403. The summed E-state index contributed by atoms with van der Waals surface area (Å²) in [5.41, 5.74) is -0.495. The van der Waals surface area contributed by atoms with Crippen LogP contribution in [0.4, 0.5) is 0 Å². The van der Waals surface area contributed by atoms with E-state index in [0.29, 0.717) is 0 Å². The molecule has 0 aliphatic rings. The van der Waals surface area contributed by atoms with Crippen molar-refractivity contribution >= 4 is 49.7 Å². The van der Waals surface area contributed by atoms with Gasteiger partial charge in [0, 0.05) is 23.3 Å². The number of aromatic hydroxyl groups is 4. The van der Waals surface area contributed by atoms with E-state index in [1.165, 1.54) is 0 Å². The van der Waals surface area contributed by atoms with Crippen LogP contribution >= 0.6 is 0 Å². The van der Waals surface area contributed by atoms with E-state index in [0.717, 1.165) is 36.4 Å². The molecule has 2 aromatic carbocycles. The van der Waals surface area contributed by atoms with Crippen molar-refractivity contribution in [3.05, 3.63) is 47.5 Å². The molecule has 0 unspecified atom stereocenters. The van der Waals surface area contributed by atoms with Crippen LogP contribution in [0.5, 0.6) is 23.0 Å². The van der Waals surface area contributed by atoms with E-state index >= 15 is 0 Å². The summed E-state index contributed by atoms with van der Waals surface area (Å²) in [6.45, 7) is 0. The normalized spacial score (nSPS) is 9.04. The molecule has 8 nitrogen and oxygen atoms in total. The fourth-order valence-corrected chi connectivity index (χ4v) is 1.43. The summed E-state index contributed by atoms with van der Waals surface area (Å²) >= 11 is 0. The fourth-order valence-electron chi connectivity index (χ4n) is 1.43. The fraction of sp³-hybridized carbons (Fsp3) is 0. The number of carbonyl (C=O) groups is 2. The number of phenolic OH excluding ortho intramolecular Hbond substituents is 4. The SMILES string of the molecule is O=C([O-])c1cc(O)cc(O)c1.O=C([O-])c1cc(O)cc(O)c1.[Ca+2]. The minimum Gasteiger partial charge on any atom is -0.545 e. The minimum atomic E-state index is -1.43. The van der Waals surface area contributed by atoms with E-state index < -0.39 is 11.9 Å². The maximum atomic E-state index is 10.2. The van der Waals surface area contributed by atoms with Crippen molar-refractivity contribution in [3.8, 4) is 23.0 Å². The molecule has 0 radical (unpaired) electrons. The molecule has 0 aromatic heterocycles. The van der Waals surface area contributed by atoms with E-state index in [2.05, 4.69) is 0 Å². The predicted octanol–water partition coefficient (Wildman–Crippen LogP) is -1.46. The van der Waals surface area contributed by atoms with Crippen LogP contribution in [0.2, 0.25) is 0 Å². The predicted molar refractivity (Wildman–Crippen MR) is 74.0 cm³/mol. The standard InChI is InChI=1S/2C7H6O4.Ca/c2*8-5-1-4(7(10)11)2-6(9)3-5;/h2*1-3,8-9H,(H,10,11);/q;;+2/p-2. The zero-order chi connectivity index (χ0) is 16.9. The second-order valence-electron chi connectivity index (χ2n) is 4.05. The van der Waals surface area contributed by atoms with Gasteiger partial charge in [-0.1, -0.05) is 0 Å². The Labute approximate surface area is 159 Å². The maximum Gasteiger partial charge on any atom is 2.00 e. The minimum absolute atomic E-state index is 0. The Bertz CT molecular complexity index is 612. The summed E-state index contributed by atoms with van der Waals surface area (Å²) in [5, 5.41) is 55.5. The summed E-state index contributed by atoms with van der Waals surface area (Å²) in [4.78, 5) is 20.3. The van der Waals surface area contributed by atoms with Gasteiger partial charge in [-0.2, -0.15) is 0 Å². The van der Waals surface area contributed by atoms with Crippen molar-refractivity contribution < 1.29 is 40.2 Å². The van der Waals surface area contributed by atoms with Gasteiger partial charge in [-0.3, -0.25) is 0 Å². The first-order valence-corrected chi connectivity index (χ1v) is 5.68. The second-order valence-corrected chi connectivity index (χ2v) is 4.05. The zero-order valence-electron chi connectivity index (χ0n) is 11.6. The van der Waals surface area contributed by atoms with Crippen LogP contribution in [0.15, 0.2) is 36.4 Å². The van der Waals surface area contributed by atoms with Crippen LogP contribution in [0, 0.1) is 0 Å². The Kier molecular flexibility index (Phi) is 8.23. The van der Waals surface area contributed by atoms with Crippen molar-refractivity contribution in [2.45, 2.75) is 0 Å². The molecule has 0 spiro atoms. The smallest absolute Gasteiger partial charge is 0.545 e. The van der Waals surface area contributed by atoms with Crippen LogP contribution in [0.3, 0.4) is 0 Å². The van der Waals surface area contributed by atoms with E-state index in [-0.39, 0.29) is 71.9 Å². The number of benzene rings is 2.